The molecule has 2 aliphatic heterocycles. The third-order valence-corrected chi connectivity index (χ3v) is 4.78. The van der Waals surface area contributed by atoms with E-state index in [1.54, 1.807) is 11.0 Å². The van der Waals surface area contributed by atoms with Crippen LogP contribution in [-0.2, 0) is 0 Å². The second-order valence-corrected chi connectivity index (χ2v) is 6.04. The minimum absolute atomic E-state index is 0.565. The Morgan fingerprint density at radius 3 is 3.05 bits per heavy atom. The maximum Gasteiger partial charge on any atom is 0.143 e. The highest BCUT2D eigenvalue weighted by atomic mass is 15.5. The van der Waals surface area contributed by atoms with Gasteiger partial charge in [0.25, 0.3) is 0 Å². The van der Waals surface area contributed by atoms with Gasteiger partial charge in [-0.25, -0.2) is 4.68 Å². The summed E-state index contributed by atoms with van der Waals surface area (Å²) in [6.45, 7) is 4.65. The Morgan fingerprint density at radius 1 is 1.24 bits per heavy atom. The summed E-state index contributed by atoms with van der Waals surface area (Å²) in [7, 11) is 0. The second-order valence-electron chi connectivity index (χ2n) is 6.04. The van der Waals surface area contributed by atoms with Crippen molar-refractivity contribution >= 4 is 5.69 Å². The van der Waals surface area contributed by atoms with E-state index in [2.05, 4.69) is 44.8 Å². The Bertz CT molecular complexity index is 623. The third kappa shape index (κ3) is 2.29. The first-order valence-corrected chi connectivity index (χ1v) is 7.66. The van der Waals surface area contributed by atoms with Gasteiger partial charge in [0, 0.05) is 24.3 Å². The van der Waals surface area contributed by atoms with Gasteiger partial charge in [0.1, 0.15) is 6.33 Å². The van der Waals surface area contributed by atoms with Crippen molar-refractivity contribution in [1.82, 2.24) is 25.1 Å². The number of fused-ring (bicyclic) bond motifs is 1. The number of hydrogen-bond donors (Lipinski definition) is 1. The van der Waals surface area contributed by atoms with Crippen molar-refractivity contribution in [2.24, 2.45) is 0 Å². The van der Waals surface area contributed by atoms with Crippen molar-refractivity contribution in [2.75, 3.05) is 18.4 Å². The van der Waals surface area contributed by atoms with Gasteiger partial charge in [0.05, 0.1) is 5.69 Å². The van der Waals surface area contributed by atoms with Crippen LogP contribution in [0.4, 0.5) is 5.69 Å². The fraction of sp³-hybridized carbons (Fsp3) is 0.533. The molecule has 0 saturated carbocycles. The first kappa shape index (κ1) is 12.8. The lowest BCUT2D eigenvalue weighted by atomic mass is 10.1. The van der Waals surface area contributed by atoms with Crippen molar-refractivity contribution in [1.29, 1.82) is 0 Å². The third-order valence-electron chi connectivity index (χ3n) is 4.78. The number of rotatable bonds is 3. The van der Waals surface area contributed by atoms with Crippen molar-refractivity contribution in [3.63, 3.8) is 0 Å². The number of aryl methyl sites for hydroxylation is 1. The fourth-order valence-corrected chi connectivity index (χ4v) is 3.64. The summed E-state index contributed by atoms with van der Waals surface area (Å²) in [5, 5.41) is 15.1. The van der Waals surface area contributed by atoms with E-state index in [4.69, 9.17) is 0 Å². The molecule has 0 aliphatic carbocycles. The first-order chi connectivity index (χ1) is 10.3. The summed E-state index contributed by atoms with van der Waals surface area (Å²) in [4.78, 5) is 2.62. The van der Waals surface area contributed by atoms with E-state index in [0.29, 0.717) is 12.1 Å². The summed E-state index contributed by atoms with van der Waals surface area (Å²) in [5.41, 5.74) is 3.46. The number of anilines is 1. The highest BCUT2D eigenvalue weighted by Crippen LogP contribution is 2.31. The molecule has 2 aliphatic rings. The zero-order valence-corrected chi connectivity index (χ0v) is 12.2. The Morgan fingerprint density at radius 2 is 2.19 bits per heavy atom. The monoisotopic (exact) mass is 284 g/mol. The molecular formula is C15H20N6. The van der Waals surface area contributed by atoms with E-state index < -0.39 is 0 Å². The lowest BCUT2D eigenvalue weighted by Crippen LogP contribution is -2.33. The molecule has 0 bridgehead atoms. The molecule has 2 atom stereocenters. The number of aromatic nitrogens is 4. The molecule has 1 N–H and O–H groups in total. The van der Waals surface area contributed by atoms with E-state index in [1.165, 1.54) is 43.6 Å². The normalized spacial score (nSPS) is 25.2. The fourth-order valence-electron chi connectivity index (χ4n) is 3.64. The molecule has 0 radical (unpaired) electrons. The number of nitrogens with zero attached hydrogens (tertiary/aromatic N) is 5. The van der Waals surface area contributed by atoms with Gasteiger partial charge in [-0.2, -0.15) is 0 Å². The number of benzene rings is 1. The van der Waals surface area contributed by atoms with E-state index >= 15 is 0 Å². The quantitative estimate of drug-likeness (QED) is 0.928. The van der Waals surface area contributed by atoms with E-state index in [-0.39, 0.29) is 0 Å². The Hall–Kier alpha value is -1.95. The van der Waals surface area contributed by atoms with Gasteiger partial charge in [-0.15, -0.1) is 5.10 Å². The molecule has 0 amide bonds. The molecule has 3 heterocycles. The highest BCUT2D eigenvalue weighted by molar-refractivity contribution is 5.57. The zero-order chi connectivity index (χ0) is 14.2. The van der Waals surface area contributed by atoms with E-state index in [9.17, 15) is 0 Å². The van der Waals surface area contributed by atoms with Crippen LogP contribution in [0.1, 0.15) is 24.8 Å². The number of tetrazole rings is 1. The van der Waals surface area contributed by atoms with Crippen LogP contribution in [-0.4, -0.2) is 50.3 Å². The zero-order valence-electron chi connectivity index (χ0n) is 12.2. The molecule has 1 aromatic carbocycles. The van der Waals surface area contributed by atoms with Gasteiger partial charge >= 0.3 is 0 Å². The van der Waals surface area contributed by atoms with Crippen LogP contribution in [0, 0.1) is 6.92 Å². The molecule has 0 spiro atoms. The Labute approximate surface area is 124 Å². The predicted octanol–water partition coefficient (Wildman–Crippen LogP) is 1.62. The minimum Gasteiger partial charge on any atom is -0.380 e. The van der Waals surface area contributed by atoms with Crippen LogP contribution in [0.3, 0.4) is 0 Å². The van der Waals surface area contributed by atoms with E-state index in [1.807, 2.05) is 6.07 Å². The maximum atomic E-state index is 3.96. The minimum atomic E-state index is 0.565. The summed E-state index contributed by atoms with van der Waals surface area (Å²) in [5.74, 6) is 0. The average Bonchev–Trinajstić information content (AvgIpc) is 3.19. The van der Waals surface area contributed by atoms with Crippen molar-refractivity contribution in [3.05, 3.63) is 30.1 Å². The first-order valence-electron chi connectivity index (χ1n) is 7.66. The van der Waals surface area contributed by atoms with Crippen LogP contribution in [0.2, 0.25) is 0 Å². The Balaban J connectivity index is 1.58. The van der Waals surface area contributed by atoms with Gasteiger partial charge in [-0.3, -0.25) is 4.90 Å². The van der Waals surface area contributed by atoms with Crippen LogP contribution < -0.4 is 5.32 Å². The van der Waals surface area contributed by atoms with Crippen LogP contribution >= 0.6 is 0 Å². The molecule has 2 aromatic rings. The van der Waals surface area contributed by atoms with Gasteiger partial charge in [-0.1, -0.05) is 6.07 Å². The lowest BCUT2D eigenvalue weighted by Gasteiger charge is -2.23. The number of nitrogens with one attached hydrogen (secondary N) is 1. The Kier molecular flexibility index (Phi) is 3.11. The summed E-state index contributed by atoms with van der Waals surface area (Å²) < 4.78 is 1.70. The molecule has 21 heavy (non-hydrogen) atoms. The molecule has 4 rings (SSSR count). The molecule has 6 heteroatoms. The maximum absolute atomic E-state index is 3.96. The largest absolute Gasteiger partial charge is 0.380 e. The van der Waals surface area contributed by atoms with Crippen molar-refractivity contribution in [3.8, 4) is 5.69 Å². The molecule has 2 fully saturated rings. The average molecular weight is 284 g/mol. The molecule has 2 saturated heterocycles. The van der Waals surface area contributed by atoms with Gasteiger partial charge in [-0.05, 0) is 60.9 Å². The van der Waals surface area contributed by atoms with Crippen molar-refractivity contribution in [2.45, 2.75) is 38.3 Å². The standard InChI is InChI=1S/C15H20N6/c1-11-4-5-12(21-10-16-18-19-21)9-14(11)17-13-6-8-20-7-2-3-15(13)20/h4-5,9-10,13,15,17H,2-3,6-8H2,1H3. The second kappa shape index (κ2) is 5.11. The van der Waals surface area contributed by atoms with E-state index in [0.717, 1.165) is 5.69 Å². The van der Waals surface area contributed by atoms with Crippen LogP contribution in [0.25, 0.3) is 5.69 Å². The van der Waals surface area contributed by atoms with Gasteiger partial charge in [0.15, 0.2) is 0 Å². The highest BCUT2D eigenvalue weighted by Gasteiger charge is 2.37. The summed E-state index contributed by atoms with van der Waals surface area (Å²) in [6, 6.07) is 7.59. The molecule has 6 nitrogen and oxygen atoms in total. The predicted molar refractivity (Wildman–Crippen MR) is 80.5 cm³/mol. The lowest BCUT2D eigenvalue weighted by molar-refractivity contribution is 0.318. The smallest absolute Gasteiger partial charge is 0.143 e. The van der Waals surface area contributed by atoms with Crippen molar-refractivity contribution < 1.29 is 0 Å². The van der Waals surface area contributed by atoms with Gasteiger partial charge < -0.3 is 5.32 Å². The molecular weight excluding hydrogens is 264 g/mol. The molecule has 2 unspecified atom stereocenters. The molecule has 1 aromatic heterocycles. The van der Waals surface area contributed by atoms with Crippen LogP contribution in [0.15, 0.2) is 24.5 Å². The van der Waals surface area contributed by atoms with Crippen LogP contribution in [0.5, 0.6) is 0 Å². The molecule has 110 valence electrons. The topological polar surface area (TPSA) is 58.9 Å². The van der Waals surface area contributed by atoms with Gasteiger partial charge in [0.2, 0.25) is 0 Å². The summed E-state index contributed by atoms with van der Waals surface area (Å²) >= 11 is 0. The summed E-state index contributed by atoms with van der Waals surface area (Å²) in [6.07, 6.45) is 5.53. The SMILES string of the molecule is Cc1ccc(-n2cnnn2)cc1NC1CCN2CCCC12. The number of hydrogen-bond acceptors (Lipinski definition) is 5.